The molecule has 0 spiro atoms. The van der Waals surface area contributed by atoms with E-state index in [-0.39, 0.29) is 24.2 Å². The summed E-state index contributed by atoms with van der Waals surface area (Å²) >= 11 is 0. The van der Waals surface area contributed by atoms with Gasteiger partial charge in [-0.3, -0.25) is 14.3 Å². The molecule has 0 unspecified atom stereocenters. The number of nitrogens with one attached hydrogen (secondary N) is 1. The molecule has 2 aromatic heterocycles. The number of amides is 1. The molecule has 0 aliphatic heterocycles. The number of carbonyl (C=O) groups is 2. The molecular formula is C18H18N4O3. The molecule has 1 aromatic carbocycles. The molecule has 0 bridgehead atoms. The van der Waals surface area contributed by atoms with Crippen molar-refractivity contribution in [3.8, 4) is 11.4 Å². The summed E-state index contributed by atoms with van der Waals surface area (Å²) in [5.74, 6) is 0.523. The van der Waals surface area contributed by atoms with E-state index < -0.39 is 0 Å². The number of aromatic nitrogens is 3. The summed E-state index contributed by atoms with van der Waals surface area (Å²) in [5.41, 5.74) is 1.34. The first-order valence-electron chi connectivity index (χ1n) is 7.86. The summed E-state index contributed by atoms with van der Waals surface area (Å²) in [5, 5.41) is 7.04. The zero-order valence-corrected chi connectivity index (χ0v) is 14.0. The van der Waals surface area contributed by atoms with Crippen molar-refractivity contribution in [1.82, 2.24) is 20.1 Å². The Labute approximate surface area is 144 Å². The Bertz CT molecular complexity index is 866. The molecule has 3 aromatic rings. The summed E-state index contributed by atoms with van der Waals surface area (Å²) in [6.07, 6.45) is 3.25. The molecule has 128 valence electrons. The van der Waals surface area contributed by atoms with Gasteiger partial charge in [-0.2, -0.15) is 5.10 Å². The number of rotatable bonds is 6. The molecule has 0 fully saturated rings. The maximum Gasteiger partial charge on any atom is 0.251 e. The fourth-order valence-electron chi connectivity index (χ4n) is 2.42. The van der Waals surface area contributed by atoms with E-state index in [9.17, 15) is 9.59 Å². The van der Waals surface area contributed by atoms with Crippen LogP contribution in [-0.2, 0) is 7.05 Å². The van der Waals surface area contributed by atoms with Gasteiger partial charge in [-0.15, -0.1) is 0 Å². The molecule has 0 saturated carbocycles. The van der Waals surface area contributed by atoms with Crippen LogP contribution >= 0.6 is 0 Å². The van der Waals surface area contributed by atoms with E-state index in [4.69, 9.17) is 4.42 Å². The van der Waals surface area contributed by atoms with Crippen molar-refractivity contribution in [2.45, 2.75) is 19.4 Å². The second-order valence-corrected chi connectivity index (χ2v) is 5.80. The average molecular weight is 338 g/mol. The maximum absolute atomic E-state index is 12.3. The molecule has 7 heteroatoms. The second kappa shape index (κ2) is 7.12. The number of nitrogens with zero attached hydrogens (tertiary/aromatic N) is 3. The quantitative estimate of drug-likeness (QED) is 0.697. The smallest absolute Gasteiger partial charge is 0.251 e. The first-order chi connectivity index (χ1) is 12.0. The fraction of sp³-hybridized carbons (Fsp3) is 0.222. The number of furan rings is 1. The minimum Gasteiger partial charge on any atom is -0.461 e. The zero-order valence-electron chi connectivity index (χ0n) is 14.0. The van der Waals surface area contributed by atoms with E-state index in [0.29, 0.717) is 17.1 Å². The largest absolute Gasteiger partial charge is 0.461 e. The lowest BCUT2D eigenvalue weighted by Gasteiger charge is -2.12. The van der Waals surface area contributed by atoms with Crippen molar-refractivity contribution in [2.75, 3.05) is 0 Å². The maximum atomic E-state index is 12.3. The van der Waals surface area contributed by atoms with E-state index in [1.54, 1.807) is 61.4 Å². The third-order valence-corrected chi connectivity index (χ3v) is 3.67. The van der Waals surface area contributed by atoms with Crippen molar-refractivity contribution in [2.24, 2.45) is 7.05 Å². The van der Waals surface area contributed by atoms with Gasteiger partial charge in [-0.05, 0) is 31.2 Å². The minimum absolute atomic E-state index is 0.144. The summed E-state index contributed by atoms with van der Waals surface area (Å²) < 4.78 is 6.69. The number of hydrogen-bond acceptors (Lipinski definition) is 5. The van der Waals surface area contributed by atoms with Gasteiger partial charge in [-0.25, -0.2) is 4.98 Å². The molecule has 0 aliphatic rings. The van der Waals surface area contributed by atoms with Gasteiger partial charge in [0, 0.05) is 30.6 Å². The van der Waals surface area contributed by atoms with Crippen LogP contribution in [0.25, 0.3) is 11.4 Å². The highest BCUT2D eigenvalue weighted by Crippen LogP contribution is 2.15. The third kappa shape index (κ3) is 4.00. The molecule has 25 heavy (non-hydrogen) atoms. The lowest BCUT2D eigenvalue weighted by molar-refractivity contribution is 0.0907. The lowest BCUT2D eigenvalue weighted by atomic mass is 10.1. The van der Waals surface area contributed by atoms with Crippen molar-refractivity contribution < 1.29 is 14.0 Å². The molecule has 1 N–H and O–H groups in total. The van der Waals surface area contributed by atoms with E-state index >= 15 is 0 Å². The van der Waals surface area contributed by atoms with E-state index in [2.05, 4.69) is 15.4 Å². The van der Waals surface area contributed by atoms with Crippen LogP contribution in [-0.4, -0.2) is 32.5 Å². The minimum atomic E-state index is -0.303. The fourth-order valence-corrected chi connectivity index (χ4v) is 2.42. The summed E-state index contributed by atoms with van der Waals surface area (Å²) in [4.78, 5) is 28.4. The molecule has 0 radical (unpaired) electrons. The second-order valence-electron chi connectivity index (χ2n) is 5.80. The molecule has 1 atom stereocenters. The average Bonchev–Trinajstić information content (AvgIpc) is 3.26. The van der Waals surface area contributed by atoms with Crippen LogP contribution in [0.2, 0.25) is 0 Å². The Balaban J connectivity index is 1.60. The summed E-state index contributed by atoms with van der Waals surface area (Å²) in [6.45, 7) is 1.78. The Kier molecular flexibility index (Phi) is 4.74. The van der Waals surface area contributed by atoms with E-state index in [1.807, 2.05) is 0 Å². The monoisotopic (exact) mass is 338 g/mol. The summed E-state index contributed by atoms with van der Waals surface area (Å²) in [7, 11) is 1.80. The summed E-state index contributed by atoms with van der Waals surface area (Å²) in [6, 6.07) is 9.98. The predicted molar refractivity (Wildman–Crippen MR) is 91.0 cm³/mol. The number of Topliss-reactive ketones (excluding diaryl/α,β-unsaturated/α-hetero) is 1. The topological polar surface area (TPSA) is 90.0 Å². The molecule has 0 saturated heterocycles. The van der Waals surface area contributed by atoms with Gasteiger partial charge in [0.15, 0.2) is 17.4 Å². The van der Waals surface area contributed by atoms with E-state index in [1.165, 1.54) is 6.26 Å². The molecular weight excluding hydrogens is 320 g/mol. The van der Waals surface area contributed by atoms with Crippen molar-refractivity contribution in [3.05, 3.63) is 60.3 Å². The van der Waals surface area contributed by atoms with Gasteiger partial charge < -0.3 is 9.73 Å². The molecule has 7 nitrogen and oxygen atoms in total. The Morgan fingerprint density at radius 2 is 2.00 bits per heavy atom. The zero-order chi connectivity index (χ0) is 17.8. The van der Waals surface area contributed by atoms with Crippen LogP contribution in [0.5, 0.6) is 0 Å². The highest BCUT2D eigenvalue weighted by molar-refractivity contribution is 5.96. The van der Waals surface area contributed by atoms with Gasteiger partial charge in [0.05, 0.1) is 6.26 Å². The SMILES string of the molecule is C[C@H](CC(=O)c1ccco1)NC(=O)c1ccc(-c2ncn(C)n2)cc1. The molecule has 2 heterocycles. The van der Waals surface area contributed by atoms with Crippen LogP contribution in [0, 0.1) is 0 Å². The Hall–Kier alpha value is -3.22. The molecule has 1 amide bonds. The number of ketones is 1. The third-order valence-electron chi connectivity index (χ3n) is 3.67. The number of hydrogen-bond donors (Lipinski definition) is 1. The van der Waals surface area contributed by atoms with Gasteiger partial charge in [0.25, 0.3) is 5.91 Å². The van der Waals surface area contributed by atoms with Crippen molar-refractivity contribution in [1.29, 1.82) is 0 Å². The highest BCUT2D eigenvalue weighted by Gasteiger charge is 2.16. The van der Waals surface area contributed by atoms with Gasteiger partial charge in [-0.1, -0.05) is 12.1 Å². The Morgan fingerprint density at radius 1 is 1.24 bits per heavy atom. The van der Waals surface area contributed by atoms with Gasteiger partial charge >= 0.3 is 0 Å². The van der Waals surface area contributed by atoms with Gasteiger partial charge in [0.2, 0.25) is 0 Å². The number of aryl methyl sites for hydroxylation is 1. The van der Waals surface area contributed by atoms with E-state index in [0.717, 1.165) is 5.56 Å². The standard InChI is InChI=1S/C18H18N4O3/c1-12(10-15(23)16-4-3-9-25-16)20-18(24)14-7-5-13(6-8-14)17-19-11-22(2)21-17/h3-9,11-12H,10H2,1-2H3,(H,20,24)/t12-/m1/s1. The Morgan fingerprint density at radius 3 is 2.60 bits per heavy atom. The van der Waals surface area contributed by atoms with Crippen LogP contribution in [0.3, 0.4) is 0 Å². The van der Waals surface area contributed by atoms with Crippen molar-refractivity contribution in [3.63, 3.8) is 0 Å². The predicted octanol–water partition coefficient (Wildman–Crippen LogP) is 2.47. The number of benzene rings is 1. The number of carbonyl (C=O) groups excluding carboxylic acids is 2. The first-order valence-corrected chi connectivity index (χ1v) is 7.86. The van der Waals surface area contributed by atoms with Gasteiger partial charge in [0.1, 0.15) is 6.33 Å². The van der Waals surface area contributed by atoms with Crippen LogP contribution < -0.4 is 5.32 Å². The molecule has 3 rings (SSSR count). The normalized spacial score (nSPS) is 11.9. The van der Waals surface area contributed by atoms with Crippen molar-refractivity contribution >= 4 is 11.7 Å². The molecule has 0 aliphatic carbocycles. The van der Waals surface area contributed by atoms with Crippen LogP contribution in [0.4, 0.5) is 0 Å². The highest BCUT2D eigenvalue weighted by atomic mass is 16.3. The van der Waals surface area contributed by atoms with Crippen LogP contribution in [0.1, 0.15) is 34.3 Å². The van der Waals surface area contributed by atoms with Crippen LogP contribution in [0.15, 0.2) is 53.4 Å². The first kappa shape index (κ1) is 16.6. The lowest BCUT2D eigenvalue weighted by Crippen LogP contribution is -2.34.